The maximum Gasteiger partial charge on any atom is 0.0593 e. The van der Waals surface area contributed by atoms with Gasteiger partial charge in [-0.15, -0.1) is 11.3 Å². The second-order valence-corrected chi connectivity index (χ2v) is 7.35. The first-order valence-corrected chi connectivity index (χ1v) is 8.83. The van der Waals surface area contributed by atoms with Gasteiger partial charge >= 0.3 is 0 Å². The van der Waals surface area contributed by atoms with E-state index in [4.69, 9.17) is 5.73 Å². The van der Waals surface area contributed by atoms with Gasteiger partial charge in [0.25, 0.3) is 0 Å². The highest BCUT2D eigenvalue weighted by molar-refractivity contribution is 7.10. The number of likely N-dealkylation sites (N-methyl/N-ethyl adjacent to an activating group) is 1. The van der Waals surface area contributed by atoms with E-state index in [0.717, 1.165) is 18.5 Å². The Morgan fingerprint density at radius 2 is 2.15 bits per heavy atom. The van der Waals surface area contributed by atoms with Gasteiger partial charge in [0.15, 0.2) is 0 Å². The number of fused-ring (bicyclic) bond motifs is 2. The highest BCUT2D eigenvalue weighted by Crippen LogP contribution is 2.35. The molecule has 3 rings (SSSR count). The van der Waals surface area contributed by atoms with Crippen molar-refractivity contribution >= 4 is 11.3 Å². The molecule has 0 radical (unpaired) electrons. The second kappa shape index (κ2) is 6.14. The maximum atomic E-state index is 6.47. The summed E-state index contributed by atoms with van der Waals surface area (Å²) >= 11 is 1.86. The maximum absolute atomic E-state index is 6.47. The predicted molar refractivity (Wildman–Crippen MR) is 86.1 cm³/mol. The van der Waals surface area contributed by atoms with Gasteiger partial charge in [-0.25, -0.2) is 0 Å². The van der Waals surface area contributed by atoms with Gasteiger partial charge < -0.3 is 5.73 Å². The number of nitrogens with zero attached hydrogens (tertiary/aromatic N) is 2. The molecule has 3 nitrogen and oxygen atoms in total. The summed E-state index contributed by atoms with van der Waals surface area (Å²) in [5.74, 6) is 0. The quantitative estimate of drug-likeness (QED) is 0.926. The van der Waals surface area contributed by atoms with E-state index in [1.807, 2.05) is 11.3 Å². The van der Waals surface area contributed by atoms with Gasteiger partial charge in [-0.1, -0.05) is 13.0 Å². The topological polar surface area (TPSA) is 32.5 Å². The third-order valence-electron chi connectivity index (χ3n) is 5.28. The van der Waals surface area contributed by atoms with Crippen LogP contribution in [0.25, 0.3) is 0 Å². The molecular weight excluding hydrogens is 266 g/mol. The van der Waals surface area contributed by atoms with Crippen molar-refractivity contribution in [3.8, 4) is 0 Å². The summed E-state index contributed by atoms with van der Waals surface area (Å²) in [6.07, 6.45) is 5.09. The zero-order chi connectivity index (χ0) is 14.1. The number of rotatable bonds is 4. The van der Waals surface area contributed by atoms with Crippen LogP contribution in [0.1, 0.15) is 43.5 Å². The first-order valence-electron chi connectivity index (χ1n) is 7.95. The van der Waals surface area contributed by atoms with Crippen LogP contribution in [0.3, 0.4) is 0 Å². The molecule has 2 N–H and O–H groups in total. The zero-order valence-corrected chi connectivity index (χ0v) is 13.5. The van der Waals surface area contributed by atoms with Crippen LogP contribution >= 0.6 is 11.3 Å². The van der Waals surface area contributed by atoms with Crippen molar-refractivity contribution in [2.45, 2.75) is 56.8 Å². The summed E-state index contributed by atoms with van der Waals surface area (Å²) in [5, 5.41) is 2.18. The van der Waals surface area contributed by atoms with Crippen molar-refractivity contribution in [1.29, 1.82) is 0 Å². The molecule has 0 spiro atoms. The van der Waals surface area contributed by atoms with Gasteiger partial charge in [0.05, 0.1) is 6.04 Å². The Morgan fingerprint density at radius 3 is 2.85 bits per heavy atom. The van der Waals surface area contributed by atoms with Crippen molar-refractivity contribution in [3.63, 3.8) is 0 Å². The fourth-order valence-corrected chi connectivity index (χ4v) is 4.87. The molecule has 1 aromatic rings. The zero-order valence-electron chi connectivity index (χ0n) is 12.7. The highest BCUT2D eigenvalue weighted by Gasteiger charge is 2.38. The molecular formula is C16H27N3S. The van der Waals surface area contributed by atoms with Crippen LogP contribution < -0.4 is 5.73 Å². The van der Waals surface area contributed by atoms with Crippen molar-refractivity contribution in [3.05, 3.63) is 22.4 Å². The lowest BCUT2D eigenvalue weighted by atomic mass is 10.00. The minimum atomic E-state index is 0.246. The molecule has 2 aliphatic rings. The summed E-state index contributed by atoms with van der Waals surface area (Å²) < 4.78 is 0. The Hall–Kier alpha value is -0.420. The van der Waals surface area contributed by atoms with Gasteiger partial charge in [0.1, 0.15) is 0 Å². The highest BCUT2D eigenvalue weighted by atomic mass is 32.1. The SMILES string of the molecule is CCC(N)C(c1cccs1)N1CCC2CCC(C1)N2C. The molecule has 0 aliphatic carbocycles. The second-order valence-electron chi connectivity index (χ2n) is 6.37. The lowest BCUT2D eigenvalue weighted by molar-refractivity contribution is 0.152. The van der Waals surface area contributed by atoms with E-state index in [1.165, 1.54) is 37.2 Å². The van der Waals surface area contributed by atoms with Crippen LogP contribution in [0.15, 0.2) is 17.5 Å². The van der Waals surface area contributed by atoms with Crippen molar-refractivity contribution in [2.24, 2.45) is 5.73 Å². The number of hydrogen-bond acceptors (Lipinski definition) is 4. The van der Waals surface area contributed by atoms with Crippen LogP contribution in [-0.2, 0) is 0 Å². The Bertz CT molecular complexity index is 419. The van der Waals surface area contributed by atoms with Gasteiger partial charge in [-0.2, -0.15) is 0 Å². The molecule has 2 bridgehead atoms. The third-order valence-corrected chi connectivity index (χ3v) is 6.23. The molecule has 112 valence electrons. The van der Waals surface area contributed by atoms with Gasteiger partial charge in [-0.3, -0.25) is 9.80 Å². The molecule has 0 saturated carbocycles. The fraction of sp³-hybridized carbons (Fsp3) is 0.750. The molecule has 4 atom stereocenters. The van der Waals surface area contributed by atoms with Gasteiger partial charge in [-0.05, 0) is 44.2 Å². The first-order chi connectivity index (χ1) is 9.70. The van der Waals surface area contributed by atoms with E-state index in [2.05, 4.69) is 41.3 Å². The first kappa shape index (κ1) is 14.5. The van der Waals surface area contributed by atoms with E-state index >= 15 is 0 Å². The van der Waals surface area contributed by atoms with Crippen molar-refractivity contribution in [2.75, 3.05) is 20.1 Å². The van der Waals surface area contributed by atoms with Crippen molar-refractivity contribution < 1.29 is 0 Å². The molecule has 2 saturated heterocycles. The van der Waals surface area contributed by atoms with E-state index in [0.29, 0.717) is 6.04 Å². The minimum absolute atomic E-state index is 0.246. The Labute approximate surface area is 126 Å². The number of nitrogens with two attached hydrogens (primary N) is 1. The number of likely N-dealkylation sites (tertiary alicyclic amines) is 1. The summed E-state index contributed by atoms with van der Waals surface area (Å²) in [6.45, 7) is 4.59. The summed E-state index contributed by atoms with van der Waals surface area (Å²) in [4.78, 5) is 6.73. The Balaban J connectivity index is 1.81. The van der Waals surface area contributed by atoms with Crippen molar-refractivity contribution in [1.82, 2.24) is 9.80 Å². The minimum Gasteiger partial charge on any atom is -0.326 e. The lowest BCUT2D eigenvalue weighted by Gasteiger charge is -2.36. The smallest absolute Gasteiger partial charge is 0.0593 e. The predicted octanol–water partition coefficient (Wildman–Crippen LogP) is 2.70. The molecule has 4 heteroatoms. The molecule has 2 fully saturated rings. The molecule has 0 amide bonds. The van der Waals surface area contributed by atoms with Crippen LogP contribution in [-0.4, -0.2) is 48.1 Å². The van der Waals surface area contributed by atoms with Crippen LogP contribution in [0, 0.1) is 0 Å². The Kier molecular flexibility index (Phi) is 4.46. The molecule has 20 heavy (non-hydrogen) atoms. The van der Waals surface area contributed by atoms with E-state index in [1.54, 1.807) is 0 Å². The molecule has 3 heterocycles. The number of hydrogen-bond donors (Lipinski definition) is 1. The Morgan fingerprint density at radius 1 is 1.35 bits per heavy atom. The standard InChI is InChI=1S/C16H27N3S/c1-3-14(17)16(15-5-4-10-20-15)19-9-8-12-6-7-13(11-19)18(12)2/h4-5,10,12-14,16H,3,6-9,11,17H2,1-2H3. The summed E-state index contributed by atoms with van der Waals surface area (Å²) in [7, 11) is 2.31. The van der Waals surface area contributed by atoms with Crippen LogP contribution in [0.5, 0.6) is 0 Å². The summed E-state index contributed by atoms with van der Waals surface area (Å²) in [6, 6.07) is 6.60. The fourth-order valence-electron chi connectivity index (χ4n) is 3.93. The lowest BCUT2D eigenvalue weighted by Crippen LogP contribution is -2.44. The average Bonchev–Trinajstić information content (AvgIpc) is 3.02. The normalized spacial score (nSPS) is 31.1. The van der Waals surface area contributed by atoms with Gasteiger partial charge in [0, 0.05) is 36.1 Å². The monoisotopic (exact) mass is 293 g/mol. The van der Waals surface area contributed by atoms with Gasteiger partial charge in [0.2, 0.25) is 0 Å². The molecule has 1 aromatic heterocycles. The van der Waals surface area contributed by atoms with Crippen LogP contribution in [0.4, 0.5) is 0 Å². The molecule has 0 aromatic carbocycles. The summed E-state index contributed by atoms with van der Waals surface area (Å²) in [5.41, 5.74) is 6.47. The van der Waals surface area contributed by atoms with E-state index in [-0.39, 0.29) is 6.04 Å². The van der Waals surface area contributed by atoms with E-state index < -0.39 is 0 Å². The average molecular weight is 293 g/mol. The van der Waals surface area contributed by atoms with Crippen LogP contribution in [0.2, 0.25) is 0 Å². The molecule has 4 unspecified atom stereocenters. The number of thiophene rings is 1. The van der Waals surface area contributed by atoms with E-state index in [9.17, 15) is 0 Å². The third kappa shape index (κ3) is 2.67. The largest absolute Gasteiger partial charge is 0.326 e. The molecule has 2 aliphatic heterocycles.